The summed E-state index contributed by atoms with van der Waals surface area (Å²) < 4.78 is 12.9. The van der Waals surface area contributed by atoms with Crippen molar-refractivity contribution >= 4 is 11.8 Å². The molecule has 2 aromatic rings. The van der Waals surface area contributed by atoms with Gasteiger partial charge in [0.05, 0.1) is 12.9 Å². The first-order valence-electron chi connectivity index (χ1n) is 10.2. The molecule has 0 aromatic carbocycles. The van der Waals surface area contributed by atoms with Gasteiger partial charge in [0, 0.05) is 36.7 Å². The highest BCUT2D eigenvalue weighted by Crippen LogP contribution is 2.37. The predicted molar refractivity (Wildman–Crippen MR) is 107 cm³/mol. The number of hydrogen-bond donors (Lipinski definition) is 0. The second-order valence-electron chi connectivity index (χ2n) is 7.24. The van der Waals surface area contributed by atoms with Crippen molar-refractivity contribution in [1.29, 1.82) is 0 Å². The van der Waals surface area contributed by atoms with Crippen LogP contribution in [0.2, 0.25) is 0 Å². The molecular weight excluding hydrogens is 356 g/mol. The van der Waals surface area contributed by atoms with Gasteiger partial charge in [0.2, 0.25) is 0 Å². The highest BCUT2D eigenvalue weighted by molar-refractivity contribution is 6.04. The van der Waals surface area contributed by atoms with Crippen LogP contribution in [0, 0.1) is 6.92 Å². The van der Waals surface area contributed by atoms with Gasteiger partial charge >= 0.3 is 5.97 Å². The summed E-state index contributed by atoms with van der Waals surface area (Å²) in [6, 6.07) is 3.77. The molecule has 0 radical (unpaired) electrons. The molecule has 0 saturated carbocycles. The van der Waals surface area contributed by atoms with E-state index in [-0.39, 0.29) is 17.7 Å². The van der Waals surface area contributed by atoms with Crippen LogP contribution < -0.4 is 0 Å². The summed E-state index contributed by atoms with van der Waals surface area (Å²) in [5.41, 5.74) is 2.90. The lowest BCUT2D eigenvalue weighted by atomic mass is 9.84. The molecule has 0 saturated heterocycles. The van der Waals surface area contributed by atoms with Crippen LogP contribution in [0.4, 0.5) is 0 Å². The fourth-order valence-electron chi connectivity index (χ4n) is 4.24. The Bertz CT molecular complexity index is 831. The highest BCUT2D eigenvalue weighted by atomic mass is 16.5. The quantitative estimate of drug-likeness (QED) is 0.645. The molecule has 0 amide bonds. The van der Waals surface area contributed by atoms with Gasteiger partial charge in [-0.1, -0.05) is 13.8 Å². The van der Waals surface area contributed by atoms with Crippen molar-refractivity contribution in [3.8, 4) is 0 Å². The number of carbonyl (C=O) groups excluding carboxylic acids is 2. The number of hydrogen-bond acceptors (Lipinski definition) is 5. The summed E-state index contributed by atoms with van der Waals surface area (Å²) in [6.45, 7) is 11.6. The van der Waals surface area contributed by atoms with Gasteiger partial charge in [-0.3, -0.25) is 4.79 Å². The summed E-state index contributed by atoms with van der Waals surface area (Å²) in [4.78, 5) is 28.0. The summed E-state index contributed by atoms with van der Waals surface area (Å²) in [5.74, 6) is 0.556. The number of ketones is 1. The Hall–Kier alpha value is -2.34. The van der Waals surface area contributed by atoms with E-state index in [0.29, 0.717) is 37.3 Å². The number of rotatable bonds is 8. The molecule has 6 nitrogen and oxygen atoms in total. The summed E-state index contributed by atoms with van der Waals surface area (Å²) in [7, 11) is 0. The number of nitrogens with zero attached hydrogens (tertiary/aromatic N) is 2. The standard InChI is InChI=1S/C22H30N2O4/c1-5-23(6-2)10-11-24-17-13-16(19-9-8-12-28-19)14-18(25)20(17)15(4)21(24)22(26)27-7-3/h8-9,12,16H,5-7,10-11,13-14H2,1-4H3. The van der Waals surface area contributed by atoms with Crippen molar-refractivity contribution in [2.45, 2.75) is 53.0 Å². The molecule has 0 aliphatic heterocycles. The van der Waals surface area contributed by atoms with E-state index in [9.17, 15) is 9.59 Å². The van der Waals surface area contributed by atoms with Crippen molar-refractivity contribution in [2.24, 2.45) is 0 Å². The van der Waals surface area contributed by atoms with Gasteiger partial charge in [0.25, 0.3) is 0 Å². The lowest BCUT2D eigenvalue weighted by Crippen LogP contribution is -2.29. The van der Waals surface area contributed by atoms with Crippen LogP contribution in [0.5, 0.6) is 0 Å². The first-order chi connectivity index (χ1) is 13.5. The van der Waals surface area contributed by atoms with Crippen molar-refractivity contribution in [3.63, 3.8) is 0 Å². The maximum atomic E-state index is 13.0. The van der Waals surface area contributed by atoms with Crippen LogP contribution >= 0.6 is 0 Å². The average molecular weight is 386 g/mol. The van der Waals surface area contributed by atoms with Gasteiger partial charge in [-0.15, -0.1) is 0 Å². The van der Waals surface area contributed by atoms with E-state index in [4.69, 9.17) is 9.15 Å². The first-order valence-corrected chi connectivity index (χ1v) is 10.2. The van der Waals surface area contributed by atoms with Crippen LogP contribution in [0.1, 0.15) is 71.0 Å². The molecule has 152 valence electrons. The Kier molecular flexibility index (Phi) is 6.39. The lowest BCUT2D eigenvalue weighted by molar-refractivity contribution is 0.0511. The molecule has 0 bridgehead atoms. The van der Waals surface area contributed by atoms with Gasteiger partial charge in [-0.2, -0.15) is 0 Å². The predicted octanol–water partition coefficient (Wildman–Crippen LogP) is 3.82. The number of esters is 1. The Balaban J connectivity index is 2.03. The summed E-state index contributed by atoms with van der Waals surface area (Å²) in [6.07, 6.45) is 2.74. The molecule has 0 spiro atoms. The van der Waals surface area contributed by atoms with E-state index in [1.165, 1.54) is 0 Å². The fourth-order valence-corrected chi connectivity index (χ4v) is 4.24. The number of fused-ring (bicyclic) bond motifs is 1. The lowest BCUT2D eigenvalue weighted by Gasteiger charge is -2.24. The number of ether oxygens (including phenoxy) is 1. The zero-order chi connectivity index (χ0) is 20.3. The Labute approximate surface area is 166 Å². The van der Waals surface area contributed by atoms with Crippen LogP contribution in [-0.4, -0.2) is 47.5 Å². The van der Waals surface area contributed by atoms with E-state index >= 15 is 0 Å². The molecule has 1 aliphatic carbocycles. The first kappa shape index (κ1) is 20.4. The molecule has 2 heterocycles. The Morgan fingerprint density at radius 3 is 2.64 bits per heavy atom. The third-order valence-electron chi connectivity index (χ3n) is 5.71. The third kappa shape index (κ3) is 3.78. The molecule has 0 N–H and O–H groups in total. The average Bonchev–Trinajstić information content (AvgIpc) is 3.30. The minimum atomic E-state index is -0.351. The molecule has 1 aliphatic rings. The van der Waals surface area contributed by atoms with Crippen molar-refractivity contribution in [2.75, 3.05) is 26.2 Å². The highest BCUT2D eigenvalue weighted by Gasteiger charge is 2.36. The van der Waals surface area contributed by atoms with E-state index in [0.717, 1.165) is 36.7 Å². The van der Waals surface area contributed by atoms with Crippen LogP contribution in [0.3, 0.4) is 0 Å². The zero-order valence-electron chi connectivity index (χ0n) is 17.3. The zero-order valence-corrected chi connectivity index (χ0v) is 17.3. The summed E-state index contributed by atoms with van der Waals surface area (Å²) in [5, 5.41) is 0. The molecule has 28 heavy (non-hydrogen) atoms. The molecule has 2 aromatic heterocycles. The minimum Gasteiger partial charge on any atom is -0.469 e. The maximum Gasteiger partial charge on any atom is 0.355 e. The molecule has 1 atom stereocenters. The van der Waals surface area contributed by atoms with E-state index in [1.54, 1.807) is 13.2 Å². The number of carbonyl (C=O) groups is 2. The second-order valence-corrected chi connectivity index (χ2v) is 7.24. The topological polar surface area (TPSA) is 64.7 Å². The van der Waals surface area contributed by atoms with Gasteiger partial charge in [0.15, 0.2) is 5.78 Å². The molecular formula is C22H30N2O4. The van der Waals surface area contributed by atoms with E-state index in [2.05, 4.69) is 18.7 Å². The van der Waals surface area contributed by atoms with Crippen molar-refractivity contribution in [3.05, 3.63) is 46.7 Å². The van der Waals surface area contributed by atoms with E-state index < -0.39 is 0 Å². The van der Waals surface area contributed by atoms with E-state index in [1.807, 2.05) is 23.6 Å². The van der Waals surface area contributed by atoms with Gasteiger partial charge in [-0.25, -0.2) is 4.79 Å². The molecule has 6 heteroatoms. The molecule has 1 unspecified atom stereocenters. The van der Waals surface area contributed by atoms with Gasteiger partial charge in [-0.05, 0) is 51.1 Å². The third-order valence-corrected chi connectivity index (χ3v) is 5.71. The summed E-state index contributed by atoms with van der Waals surface area (Å²) >= 11 is 0. The fraction of sp³-hybridized carbons (Fsp3) is 0.545. The van der Waals surface area contributed by atoms with Gasteiger partial charge < -0.3 is 18.6 Å². The van der Waals surface area contributed by atoms with Crippen molar-refractivity contribution in [1.82, 2.24) is 9.47 Å². The molecule has 3 rings (SSSR count). The Morgan fingerprint density at radius 1 is 1.29 bits per heavy atom. The van der Waals surface area contributed by atoms with Crippen LogP contribution in [-0.2, 0) is 17.7 Å². The monoisotopic (exact) mass is 386 g/mol. The second kappa shape index (κ2) is 8.78. The Morgan fingerprint density at radius 2 is 2.04 bits per heavy atom. The van der Waals surface area contributed by atoms with Crippen LogP contribution in [0.15, 0.2) is 22.8 Å². The SMILES string of the molecule is CCOC(=O)c1c(C)c2c(n1CCN(CC)CC)CC(c1ccco1)CC2=O. The molecule has 0 fully saturated rings. The van der Waals surface area contributed by atoms with Gasteiger partial charge in [0.1, 0.15) is 11.5 Å². The normalized spacial score (nSPS) is 16.5. The largest absolute Gasteiger partial charge is 0.469 e. The number of Topliss-reactive ketones (excluding diaryl/α,β-unsaturated/α-hetero) is 1. The number of likely N-dealkylation sites (N-methyl/N-ethyl adjacent to an activating group) is 1. The smallest absolute Gasteiger partial charge is 0.355 e. The van der Waals surface area contributed by atoms with Crippen LogP contribution in [0.25, 0.3) is 0 Å². The maximum absolute atomic E-state index is 13.0. The number of aromatic nitrogens is 1. The number of furan rings is 1. The van der Waals surface area contributed by atoms with Crippen molar-refractivity contribution < 1.29 is 18.7 Å². The minimum absolute atomic E-state index is 0.00606.